The van der Waals surface area contributed by atoms with Gasteiger partial charge in [-0.05, 0) is 62.5 Å². The molecule has 4 saturated carbocycles. The highest BCUT2D eigenvalue weighted by atomic mass is 16.2. The Hall–Kier alpha value is -2.30. The van der Waals surface area contributed by atoms with Gasteiger partial charge >= 0.3 is 0 Å². The average molecular weight is 334 g/mol. The van der Waals surface area contributed by atoms with Crippen LogP contribution in [0.5, 0.6) is 0 Å². The number of nitrogens with one attached hydrogen (secondary N) is 1. The molecule has 1 N–H and O–H groups in total. The van der Waals surface area contributed by atoms with Crippen molar-refractivity contribution in [3.8, 4) is 0 Å². The van der Waals surface area contributed by atoms with E-state index < -0.39 is 0 Å². The van der Waals surface area contributed by atoms with Gasteiger partial charge in [-0.2, -0.15) is 0 Å². The molecular formula is C20H22N4O. The maximum absolute atomic E-state index is 12.7. The molecule has 0 radical (unpaired) electrons. The molecule has 6 rings (SSSR count). The number of carbonyl (C=O) groups is 1. The standard InChI is InChI=1S/C20H22N4O/c25-18(16-12-21-5-6-22-16)24-20-10-14-7-15(11-20)9-19(8-14,13-20)17-3-1-2-4-23-17/h1-6,12,14-15H,7-11,13H2,(H,24,25). The lowest BCUT2D eigenvalue weighted by Gasteiger charge is -2.62. The fourth-order valence-corrected chi connectivity index (χ4v) is 6.11. The van der Waals surface area contributed by atoms with Crippen LogP contribution in [0.3, 0.4) is 0 Å². The van der Waals surface area contributed by atoms with E-state index >= 15 is 0 Å². The largest absolute Gasteiger partial charge is 0.345 e. The molecule has 0 aliphatic heterocycles. The molecular weight excluding hydrogens is 312 g/mol. The maximum atomic E-state index is 12.7. The van der Waals surface area contributed by atoms with E-state index in [0.29, 0.717) is 17.5 Å². The zero-order valence-electron chi connectivity index (χ0n) is 14.2. The van der Waals surface area contributed by atoms with E-state index in [9.17, 15) is 4.79 Å². The summed E-state index contributed by atoms with van der Waals surface area (Å²) in [6, 6.07) is 6.24. The second kappa shape index (κ2) is 5.35. The van der Waals surface area contributed by atoms with Crippen molar-refractivity contribution in [2.24, 2.45) is 11.8 Å². The first kappa shape index (κ1) is 15.0. The Kier molecular flexibility index (Phi) is 3.21. The molecule has 2 atom stereocenters. The van der Waals surface area contributed by atoms with Crippen LogP contribution in [0.1, 0.15) is 54.7 Å². The van der Waals surface area contributed by atoms with Gasteiger partial charge in [-0.25, -0.2) is 4.98 Å². The number of hydrogen-bond donors (Lipinski definition) is 1. The first-order valence-electron chi connectivity index (χ1n) is 9.17. The lowest BCUT2D eigenvalue weighted by Crippen LogP contribution is -2.64. The summed E-state index contributed by atoms with van der Waals surface area (Å²) in [5, 5.41) is 3.37. The summed E-state index contributed by atoms with van der Waals surface area (Å²) in [5.74, 6) is 1.28. The molecule has 2 aromatic rings. The molecule has 5 nitrogen and oxygen atoms in total. The van der Waals surface area contributed by atoms with Gasteiger partial charge in [-0.1, -0.05) is 6.07 Å². The summed E-state index contributed by atoms with van der Waals surface area (Å²) in [6.07, 6.45) is 13.5. The van der Waals surface area contributed by atoms with Crippen LogP contribution in [-0.2, 0) is 5.41 Å². The Morgan fingerprint density at radius 2 is 1.88 bits per heavy atom. The van der Waals surface area contributed by atoms with E-state index in [1.54, 1.807) is 18.6 Å². The van der Waals surface area contributed by atoms with Crippen molar-refractivity contribution in [2.45, 2.75) is 49.5 Å². The van der Waals surface area contributed by atoms with Crippen molar-refractivity contribution < 1.29 is 4.79 Å². The van der Waals surface area contributed by atoms with Gasteiger partial charge in [0, 0.05) is 35.2 Å². The zero-order valence-corrected chi connectivity index (χ0v) is 14.2. The van der Waals surface area contributed by atoms with Gasteiger partial charge in [0.15, 0.2) is 0 Å². The third-order valence-corrected chi connectivity index (χ3v) is 6.44. The topological polar surface area (TPSA) is 67.8 Å². The first-order valence-corrected chi connectivity index (χ1v) is 9.17. The number of pyridine rings is 1. The number of aromatic nitrogens is 3. The summed E-state index contributed by atoms with van der Waals surface area (Å²) in [6.45, 7) is 0. The van der Waals surface area contributed by atoms with Gasteiger partial charge < -0.3 is 5.32 Å². The molecule has 25 heavy (non-hydrogen) atoms. The van der Waals surface area contributed by atoms with E-state index in [0.717, 1.165) is 19.3 Å². The van der Waals surface area contributed by atoms with Crippen LogP contribution < -0.4 is 5.32 Å². The predicted octanol–water partition coefficient (Wildman–Crippen LogP) is 2.89. The summed E-state index contributed by atoms with van der Waals surface area (Å²) in [5.41, 5.74) is 1.63. The molecule has 5 heteroatoms. The van der Waals surface area contributed by atoms with Crippen molar-refractivity contribution >= 4 is 5.91 Å². The maximum Gasteiger partial charge on any atom is 0.271 e. The van der Waals surface area contributed by atoms with Crippen LogP contribution in [0.4, 0.5) is 0 Å². The average Bonchev–Trinajstić information content (AvgIpc) is 2.62. The van der Waals surface area contributed by atoms with Gasteiger partial charge in [0.2, 0.25) is 0 Å². The Balaban J connectivity index is 1.47. The number of carbonyl (C=O) groups excluding carboxylic acids is 1. The third kappa shape index (κ3) is 2.44. The predicted molar refractivity (Wildman–Crippen MR) is 92.8 cm³/mol. The minimum absolute atomic E-state index is 0.0915. The van der Waals surface area contributed by atoms with E-state index in [1.165, 1.54) is 25.0 Å². The molecule has 4 fully saturated rings. The van der Waals surface area contributed by atoms with Crippen molar-refractivity contribution in [2.75, 3.05) is 0 Å². The zero-order chi connectivity index (χ0) is 16.9. The van der Waals surface area contributed by atoms with Gasteiger partial charge in [-0.3, -0.25) is 14.8 Å². The molecule has 0 spiro atoms. The van der Waals surface area contributed by atoms with Crippen molar-refractivity contribution in [1.82, 2.24) is 20.3 Å². The van der Waals surface area contributed by atoms with Crippen molar-refractivity contribution in [3.63, 3.8) is 0 Å². The number of hydrogen-bond acceptors (Lipinski definition) is 4. The Morgan fingerprint density at radius 3 is 2.56 bits per heavy atom. The molecule has 2 unspecified atom stereocenters. The van der Waals surface area contributed by atoms with E-state index in [-0.39, 0.29) is 16.9 Å². The number of nitrogens with zero attached hydrogens (tertiary/aromatic N) is 3. The molecule has 128 valence electrons. The van der Waals surface area contributed by atoms with Crippen molar-refractivity contribution in [3.05, 3.63) is 54.4 Å². The van der Waals surface area contributed by atoms with Crippen LogP contribution in [0.2, 0.25) is 0 Å². The molecule has 0 aromatic carbocycles. The fourth-order valence-electron chi connectivity index (χ4n) is 6.11. The highest BCUT2D eigenvalue weighted by Gasteiger charge is 2.59. The molecule has 1 amide bonds. The number of amides is 1. The Morgan fingerprint density at radius 1 is 1.04 bits per heavy atom. The van der Waals surface area contributed by atoms with Gasteiger partial charge in [0.1, 0.15) is 5.69 Å². The van der Waals surface area contributed by atoms with Gasteiger partial charge in [-0.15, -0.1) is 0 Å². The smallest absolute Gasteiger partial charge is 0.271 e. The van der Waals surface area contributed by atoms with E-state index in [4.69, 9.17) is 4.98 Å². The van der Waals surface area contributed by atoms with Crippen LogP contribution in [0.15, 0.2) is 43.0 Å². The molecule has 4 bridgehead atoms. The second-order valence-corrected chi connectivity index (χ2v) is 8.28. The quantitative estimate of drug-likeness (QED) is 0.937. The second-order valence-electron chi connectivity index (χ2n) is 8.28. The van der Waals surface area contributed by atoms with E-state index in [2.05, 4.69) is 27.4 Å². The molecule has 0 saturated heterocycles. The van der Waals surface area contributed by atoms with Gasteiger partial charge in [0.05, 0.1) is 6.20 Å². The summed E-state index contributed by atoms with van der Waals surface area (Å²) in [4.78, 5) is 25.6. The molecule has 4 aliphatic carbocycles. The minimum Gasteiger partial charge on any atom is -0.345 e. The SMILES string of the molecule is O=C(NC12CC3CC(C1)CC(c1ccccn1)(C3)C2)c1cnccn1. The fraction of sp³-hybridized carbons (Fsp3) is 0.500. The van der Waals surface area contributed by atoms with Crippen molar-refractivity contribution in [1.29, 1.82) is 0 Å². The van der Waals surface area contributed by atoms with Gasteiger partial charge in [0.25, 0.3) is 5.91 Å². The van der Waals surface area contributed by atoms with E-state index in [1.807, 2.05) is 12.3 Å². The molecule has 2 aromatic heterocycles. The first-order chi connectivity index (χ1) is 12.2. The summed E-state index contributed by atoms with van der Waals surface area (Å²) >= 11 is 0. The number of rotatable bonds is 3. The summed E-state index contributed by atoms with van der Waals surface area (Å²) < 4.78 is 0. The van der Waals surface area contributed by atoms with Crippen LogP contribution in [-0.4, -0.2) is 26.4 Å². The lowest BCUT2D eigenvalue weighted by atomic mass is 9.46. The minimum atomic E-state index is -0.115. The van der Waals surface area contributed by atoms with Crippen LogP contribution >= 0.6 is 0 Å². The molecule has 2 heterocycles. The monoisotopic (exact) mass is 334 g/mol. The highest BCUT2D eigenvalue weighted by Crippen LogP contribution is 2.61. The van der Waals surface area contributed by atoms with Crippen LogP contribution in [0.25, 0.3) is 0 Å². The lowest BCUT2D eigenvalue weighted by molar-refractivity contribution is -0.0388. The third-order valence-electron chi connectivity index (χ3n) is 6.44. The Bertz CT molecular complexity index is 778. The van der Waals surface area contributed by atoms with Crippen LogP contribution in [0, 0.1) is 11.8 Å². The highest BCUT2D eigenvalue weighted by molar-refractivity contribution is 5.92. The normalized spacial score (nSPS) is 35.5. The summed E-state index contributed by atoms with van der Waals surface area (Å²) in [7, 11) is 0. The molecule has 4 aliphatic rings. The Labute approximate surface area is 147 Å².